The molecular weight excluding hydrogens is 212 g/mol. The number of imidazole rings is 1. The molecule has 2 aromatic heterocycles. The minimum absolute atomic E-state index is 0.440. The fourth-order valence-corrected chi connectivity index (χ4v) is 1.75. The van der Waals surface area contributed by atoms with Crippen molar-refractivity contribution in [1.29, 1.82) is 0 Å². The molecule has 0 saturated heterocycles. The summed E-state index contributed by atoms with van der Waals surface area (Å²) < 4.78 is 0. The van der Waals surface area contributed by atoms with Crippen LogP contribution in [0.15, 0.2) is 36.8 Å². The highest BCUT2D eigenvalue weighted by Crippen LogP contribution is 2.07. The van der Waals surface area contributed by atoms with Crippen molar-refractivity contribution in [3.8, 4) is 0 Å². The zero-order valence-electron chi connectivity index (χ0n) is 10.3. The standard InChI is InChI=1S/C13H18N4/c1-11(9-12-5-3-4-6-14-12)17(2)10-13-15-7-8-16-13/h3-8,11H,9-10H2,1-2H3,(H,15,16)/t11-/m1/s1. The molecule has 2 aromatic rings. The Balaban J connectivity index is 1.89. The van der Waals surface area contributed by atoms with Crippen LogP contribution in [0.25, 0.3) is 0 Å². The lowest BCUT2D eigenvalue weighted by Crippen LogP contribution is -2.31. The van der Waals surface area contributed by atoms with Gasteiger partial charge in [0.05, 0.1) is 6.54 Å². The van der Waals surface area contributed by atoms with Crippen molar-refractivity contribution in [2.75, 3.05) is 7.05 Å². The number of pyridine rings is 1. The molecule has 4 nitrogen and oxygen atoms in total. The molecule has 1 N–H and O–H groups in total. The fourth-order valence-electron chi connectivity index (χ4n) is 1.75. The molecule has 0 saturated carbocycles. The number of nitrogens with one attached hydrogen (secondary N) is 1. The Morgan fingerprint density at radius 1 is 1.29 bits per heavy atom. The molecule has 0 bridgehead atoms. The van der Waals surface area contributed by atoms with Crippen LogP contribution < -0.4 is 0 Å². The van der Waals surface area contributed by atoms with E-state index in [1.54, 1.807) is 6.20 Å². The molecule has 0 unspecified atom stereocenters. The van der Waals surface area contributed by atoms with E-state index in [1.807, 2.05) is 24.5 Å². The predicted molar refractivity (Wildman–Crippen MR) is 67.5 cm³/mol. The first-order valence-electron chi connectivity index (χ1n) is 5.84. The Kier molecular flexibility index (Phi) is 3.88. The maximum absolute atomic E-state index is 4.35. The van der Waals surface area contributed by atoms with E-state index in [0.29, 0.717) is 6.04 Å². The van der Waals surface area contributed by atoms with Crippen LogP contribution in [0.1, 0.15) is 18.4 Å². The average Bonchev–Trinajstić information content (AvgIpc) is 2.83. The van der Waals surface area contributed by atoms with Gasteiger partial charge in [-0.15, -0.1) is 0 Å². The van der Waals surface area contributed by atoms with E-state index in [2.05, 4.69) is 39.9 Å². The van der Waals surface area contributed by atoms with Crippen LogP contribution in [0, 0.1) is 0 Å². The fraction of sp³-hybridized carbons (Fsp3) is 0.385. The van der Waals surface area contributed by atoms with Crippen LogP contribution in [-0.4, -0.2) is 32.9 Å². The predicted octanol–water partition coefficient (Wildman–Crippen LogP) is 1.87. The van der Waals surface area contributed by atoms with E-state index in [-0.39, 0.29) is 0 Å². The zero-order valence-corrected chi connectivity index (χ0v) is 10.3. The molecule has 1 atom stereocenters. The van der Waals surface area contributed by atoms with E-state index in [1.165, 1.54) is 0 Å². The van der Waals surface area contributed by atoms with Crippen LogP contribution in [0.2, 0.25) is 0 Å². The first kappa shape index (κ1) is 11.8. The topological polar surface area (TPSA) is 44.8 Å². The van der Waals surface area contributed by atoms with Gasteiger partial charge in [-0.3, -0.25) is 9.88 Å². The molecule has 0 spiro atoms. The van der Waals surface area contributed by atoms with Crippen LogP contribution in [0.3, 0.4) is 0 Å². The summed E-state index contributed by atoms with van der Waals surface area (Å²) >= 11 is 0. The third-order valence-electron chi connectivity index (χ3n) is 2.94. The largest absolute Gasteiger partial charge is 0.348 e. The van der Waals surface area contributed by atoms with Crippen LogP contribution in [0.5, 0.6) is 0 Å². The van der Waals surface area contributed by atoms with Gasteiger partial charge in [-0.1, -0.05) is 6.07 Å². The summed E-state index contributed by atoms with van der Waals surface area (Å²) in [7, 11) is 2.11. The Bertz CT molecular complexity index is 424. The highest BCUT2D eigenvalue weighted by atomic mass is 15.1. The van der Waals surface area contributed by atoms with Gasteiger partial charge >= 0.3 is 0 Å². The second-order valence-electron chi connectivity index (χ2n) is 4.33. The van der Waals surface area contributed by atoms with Crippen molar-refractivity contribution in [1.82, 2.24) is 19.9 Å². The Hall–Kier alpha value is -1.68. The summed E-state index contributed by atoms with van der Waals surface area (Å²) in [4.78, 5) is 14.0. The molecule has 2 rings (SSSR count). The number of hydrogen-bond acceptors (Lipinski definition) is 3. The minimum Gasteiger partial charge on any atom is -0.348 e. The summed E-state index contributed by atoms with van der Waals surface area (Å²) in [6.07, 6.45) is 6.44. The van der Waals surface area contributed by atoms with E-state index in [9.17, 15) is 0 Å². The summed E-state index contributed by atoms with van der Waals surface area (Å²) in [6.45, 7) is 3.04. The van der Waals surface area contributed by atoms with Crippen molar-refractivity contribution in [3.63, 3.8) is 0 Å². The number of H-pyrrole nitrogens is 1. The van der Waals surface area contributed by atoms with E-state index >= 15 is 0 Å². The second-order valence-corrected chi connectivity index (χ2v) is 4.33. The molecule has 0 aromatic carbocycles. The molecule has 4 heteroatoms. The van der Waals surface area contributed by atoms with Gasteiger partial charge in [-0.2, -0.15) is 0 Å². The molecule has 0 radical (unpaired) electrons. The van der Waals surface area contributed by atoms with Crippen LogP contribution in [-0.2, 0) is 13.0 Å². The summed E-state index contributed by atoms with van der Waals surface area (Å²) in [5.74, 6) is 1.00. The lowest BCUT2D eigenvalue weighted by molar-refractivity contribution is 0.241. The van der Waals surface area contributed by atoms with Gasteiger partial charge < -0.3 is 4.98 Å². The molecule has 0 fully saturated rings. The molecule has 0 aliphatic rings. The first-order valence-corrected chi connectivity index (χ1v) is 5.84. The van der Waals surface area contributed by atoms with Gasteiger partial charge in [0, 0.05) is 36.7 Å². The highest BCUT2D eigenvalue weighted by Gasteiger charge is 2.11. The SMILES string of the molecule is C[C@H](Cc1ccccn1)N(C)Cc1ncc[nH]1. The summed E-state index contributed by atoms with van der Waals surface area (Å²) in [6, 6.07) is 6.48. The quantitative estimate of drug-likeness (QED) is 0.852. The van der Waals surface area contributed by atoms with Crippen molar-refractivity contribution < 1.29 is 0 Å². The molecule has 0 aliphatic heterocycles. The number of rotatable bonds is 5. The molecule has 0 amide bonds. The van der Waals surface area contributed by atoms with Gasteiger partial charge in [0.15, 0.2) is 0 Å². The first-order chi connectivity index (χ1) is 8.25. The number of likely N-dealkylation sites (N-methyl/N-ethyl adjacent to an activating group) is 1. The Labute approximate surface area is 102 Å². The van der Waals surface area contributed by atoms with Gasteiger partial charge in [0.1, 0.15) is 5.82 Å². The van der Waals surface area contributed by atoms with E-state index < -0.39 is 0 Å². The minimum atomic E-state index is 0.440. The number of hydrogen-bond donors (Lipinski definition) is 1. The maximum Gasteiger partial charge on any atom is 0.120 e. The third-order valence-corrected chi connectivity index (χ3v) is 2.94. The third kappa shape index (κ3) is 3.39. The van der Waals surface area contributed by atoms with Crippen molar-refractivity contribution in [2.45, 2.75) is 25.9 Å². The van der Waals surface area contributed by atoms with E-state index in [0.717, 1.165) is 24.5 Å². The smallest absolute Gasteiger partial charge is 0.120 e. The van der Waals surface area contributed by atoms with E-state index in [4.69, 9.17) is 0 Å². The molecule has 2 heterocycles. The monoisotopic (exact) mass is 230 g/mol. The summed E-state index contributed by atoms with van der Waals surface area (Å²) in [5, 5.41) is 0. The Morgan fingerprint density at radius 2 is 2.18 bits per heavy atom. The lowest BCUT2D eigenvalue weighted by atomic mass is 10.1. The molecule has 0 aliphatic carbocycles. The molecule has 90 valence electrons. The summed E-state index contributed by atoms with van der Waals surface area (Å²) in [5.41, 5.74) is 1.13. The van der Waals surface area contributed by atoms with Gasteiger partial charge in [-0.25, -0.2) is 4.98 Å². The average molecular weight is 230 g/mol. The van der Waals surface area contributed by atoms with Crippen molar-refractivity contribution in [2.24, 2.45) is 0 Å². The number of aromatic nitrogens is 3. The lowest BCUT2D eigenvalue weighted by Gasteiger charge is -2.23. The molecule has 17 heavy (non-hydrogen) atoms. The van der Waals surface area contributed by atoms with Crippen molar-refractivity contribution in [3.05, 3.63) is 48.3 Å². The van der Waals surface area contributed by atoms with Gasteiger partial charge in [0.25, 0.3) is 0 Å². The highest BCUT2D eigenvalue weighted by molar-refractivity contribution is 5.05. The number of aromatic amines is 1. The Morgan fingerprint density at radius 3 is 2.82 bits per heavy atom. The zero-order chi connectivity index (χ0) is 12.1. The normalized spacial score (nSPS) is 12.9. The van der Waals surface area contributed by atoms with Crippen molar-refractivity contribution >= 4 is 0 Å². The van der Waals surface area contributed by atoms with Gasteiger partial charge in [-0.05, 0) is 26.1 Å². The van der Waals surface area contributed by atoms with Crippen LogP contribution >= 0.6 is 0 Å². The molecular formula is C13H18N4. The number of nitrogens with zero attached hydrogens (tertiary/aromatic N) is 3. The van der Waals surface area contributed by atoms with Gasteiger partial charge in [0.2, 0.25) is 0 Å². The maximum atomic E-state index is 4.35. The second kappa shape index (κ2) is 5.59. The van der Waals surface area contributed by atoms with Crippen LogP contribution in [0.4, 0.5) is 0 Å².